The molecule has 0 unspecified atom stereocenters. The zero-order chi connectivity index (χ0) is 13.1. The molecule has 0 N–H and O–H groups in total. The van der Waals surface area contributed by atoms with Crippen LogP contribution in [0.25, 0.3) is 11.1 Å². The third kappa shape index (κ3) is 2.60. The summed E-state index contributed by atoms with van der Waals surface area (Å²) in [7, 11) is 0. The molecule has 0 bridgehead atoms. The Morgan fingerprint density at radius 1 is 0.778 bits per heavy atom. The summed E-state index contributed by atoms with van der Waals surface area (Å²) in [6.45, 7) is 0. The highest BCUT2D eigenvalue weighted by molar-refractivity contribution is 9.18. The molecule has 0 saturated carbocycles. The van der Waals surface area contributed by atoms with Crippen molar-refractivity contribution in [2.24, 2.45) is 0 Å². The van der Waals surface area contributed by atoms with E-state index in [9.17, 15) is 9.59 Å². The lowest BCUT2D eigenvalue weighted by Crippen LogP contribution is -2.02. The molecular weight excluding hydrogens is 360 g/mol. The van der Waals surface area contributed by atoms with Crippen molar-refractivity contribution in [1.29, 1.82) is 0 Å². The molecule has 0 amide bonds. The van der Waals surface area contributed by atoms with Gasteiger partial charge >= 0.3 is 0 Å². The summed E-state index contributed by atoms with van der Waals surface area (Å²) >= 11 is 5.83. The average Bonchev–Trinajstić information content (AvgIpc) is 2.38. The molecule has 2 aromatic carbocycles. The van der Waals surface area contributed by atoms with Crippen molar-refractivity contribution in [1.82, 2.24) is 0 Å². The lowest BCUT2D eigenvalue weighted by Gasteiger charge is -2.09. The molecule has 0 saturated heterocycles. The van der Waals surface area contributed by atoms with Crippen LogP contribution in [0.15, 0.2) is 48.5 Å². The van der Waals surface area contributed by atoms with Gasteiger partial charge in [0.2, 0.25) is 9.39 Å². The maximum atomic E-state index is 11.7. The van der Waals surface area contributed by atoms with Gasteiger partial charge < -0.3 is 0 Å². The van der Waals surface area contributed by atoms with Gasteiger partial charge in [-0.25, -0.2) is 0 Å². The van der Waals surface area contributed by atoms with Crippen molar-refractivity contribution in [3.8, 4) is 11.1 Å². The largest absolute Gasteiger partial charge is 0.281 e. The molecule has 18 heavy (non-hydrogen) atoms. The monoisotopic (exact) mass is 366 g/mol. The molecule has 2 aromatic rings. The molecule has 0 aliphatic carbocycles. The van der Waals surface area contributed by atoms with Gasteiger partial charge in [-0.05, 0) is 49.1 Å². The van der Waals surface area contributed by atoms with Crippen LogP contribution < -0.4 is 0 Å². The highest BCUT2D eigenvalue weighted by Gasteiger charge is 2.18. The Kier molecular flexibility index (Phi) is 4.09. The second-order valence-corrected chi connectivity index (χ2v) is 5.08. The van der Waals surface area contributed by atoms with Gasteiger partial charge in [0.25, 0.3) is 0 Å². The predicted octanol–water partition coefficient (Wildman–Crippen LogP) is 4.42. The molecule has 0 aliphatic heterocycles. The second kappa shape index (κ2) is 5.59. The van der Waals surface area contributed by atoms with E-state index in [0.717, 1.165) is 11.1 Å². The van der Waals surface area contributed by atoms with Crippen molar-refractivity contribution in [2.45, 2.75) is 0 Å². The van der Waals surface area contributed by atoms with Gasteiger partial charge in [-0.15, -0.1) is 0 Å². The van der Waals surface area contributed by atoms with Gasteiger partial charge in [0, 0.05) is 11.1 Å². The molecule has 90 valence electrons. The van der Waals surface area contributed by atoms with Crippen molar-refractivity contribution >= 4 is 41.2 Å². The van der Waals surface area contributed by atoms with Crippen LogP contribution in [-0.4, -0.2) is 9.39 Å². The average molecular weight is 368 g/mol. The third-order valence-electron chi connectivity index (χ3n) is 2.56. The van der Waals surface area contributed by atoms with Gasteiger partial charge in [-0.1, -0.05) is 42.5 Å². The maximum Gasteiger partial charge on any atom is 0.229 e. The minimum absolute atomic E-state index is 0.301. The molecule has 0 heterocycles. The second-order valence-electron chi connectivity index (χ2n) is 3.64. The van der Waals surface area contributed by atoms with Gasteiger partial charge in [0.1, 0.15) is 0 Å². The summed E-state index contributed by atoms with van der Waals surface area (Å²) in [5, 5.41) is 0. The summed E-state index contributed by atoms with van der Waals surface area (Å²) in [6.07, 6.45) is 0. The van der Waals surface area contributed by atoms with Crippen LogP contribution in [0.5, 0.6) is 0 Å². The maximum absolute atomic E-state index is 11.7. The van der Waals surface area contributed by atoms with Gasteiger partial charge in [0.05, 0.1) is 0 Å². The van der Waals surface area contributed by atoms with E-state index < -0.39 is 0 Å². The minimum Gasteiger partial charge on any atom is -0.281 e. The number of halogens is 2. The molecule has 0 aliphatic rings. The van der Waals surface area contributed by atoms with Crippen molar-refractivity contribution < 1.29 is 9.59 Å². The summed E-state index contributed by atoms with van der Waals surface area (Å²) < 4.78 is -0.604. The number of carbonyl (C=O) groups excluding carboxylic acids is 2. The van der Waals surface area contributed by atoms with Crippen molar-refractivity contribution in [2.75, 3.05) is 0 Å². The van der Waals surface area contributed by atoms with Gasteiger partial charge in [-0.3, -0.25) is 9.59 Å². The predicted molar refractivity (Wildman–Crippen MR) is 78.4 cm³/mol. The Morgan fingerprint density at radius 2 is 1.44 bits per heavy atom. The van der Waals surface area contributed by atoms with Gasteiger partial charge in [0.15, 0.2) is 0 Å². The van der Waals surface area contributed by atoms with Gasteiger partial charge in [-0.2, -0.15) is 0 Å². The normalized spacial score (nSPS) is 10.1. The number of benzene rings is 2. The first-order valence-corrected chi connectivity index (χ1v) is 6.78. The van der Waals surface area contributed by atoms with E-state index in [1.165, 1.54) is 0 Å². The highest BCUT2D eigenvalue weighted by Crippen LogP contribution is 2.29. The van der Waals surface area contributed by atoms with Crippen LogP contribution in [0.4, 0.5) is 0 Å². The molecule has 0 aromatic heterocycles. The van der Waals surface area contributed by atoms with Crippen LogP contribution in [0, 0.1) is 0 Å². The van der Waals surface area contributed by atoms with Crippen LogP contribution in [0.2, 0.25) is 0 Å². The fourth-order valence-electron chi connectivity index (χ4n) is 1.79. The lowest BCUT2D eigenvalue weighted by molar-refractivity contribution is 0.106. The molecule has 2 nitrogen and oxygen atoms in total. The lowest BCUT2D eigenvalue weighted by atomic mass is 9.97. The first-order valence-electron chi connectivity index (χ1n) is 5.19. The topological polar surface area (TPSA) is 34.1 Å². The van der Waals surface area contributed by atoms with Crippen molar-refractivity contribution in [3.63, 3.8) is 0 Å². The van der Waals surface area contributed by atoms with E-state index in [4.69, 9.17) is 0 Å². The number of carbonyl (C=O) groups is 2. The zero-order valence-electron chi connectivity index (χ0n) is 9.19. The van der Waals surface area contributed by atoms with Crippen LogP contribution >= 0.6 is 31.9 Å². The molecule has 4 heteroatoms. The van der Waals surface area contributed by atoms with E-state index >= 15 is 0 Å². The SMILES string of the molecule is O=C(Br)c1cccc(-c2ccccc2)c1C(=O)Br. The first kappa shape index (κ1) is 13.2. The van der Waals surface area contributed by atoms with E-state index in [2.05, 4.69) is 31.9 Å². The molecule has 0 atom stereocenters. The summed E-state index contributed by atoms with van der Waals surface area (Å²) in [5.74, 6) is 0. The fraction of sp³-hybridized carbons (Fsp3) is 0. The molecule has 0 fully saturated rings. The Morgan fingerprint density at radius 3 is 2.00 bits per heavy atom. The smallest absolute Gasteiger partial charge is 0.229 e. The molecule has 0 spiro atoms. The molecule has 0 radical (unpaired) electrons. The molecule has 2 rings (SSSR count). The quantitative estimate of drug-likeness (QED) is 0.752. The summed E-state index contributed by atoms with van der Waals surface area (Å²) in [4.78, 5) is 23.2. The van der Waals surface area contributed by atoms with Crippen molar-refractivity contribution in [3.05, 3.63) is 59.7 Å². The number of rotatable bonds is 3. The molecular formula is C14H8Br2O2. The summed E-state index contributed by atoms with van der Waals surface area (Å²) in [6, 6.07) is 14.7. The van der Waals surface area contributed by atoms with Crippen LogP contribution in [0.1, 0.15) is 20.7 Å². The Hall–Kier alpha value is -1.26. The third-order valence-corrected chi connectivity index (χ3v) is 3.38. The Labute approximate surface area is 121 Å². The standard InChI is InChI=1S/C14H8Br2O2/c15-13(17)11-8-4-7-10(12(11)14(16)18)9-5-2-1-3-6-9/h1-8H. The number of hydrogen-bond donors (Lipinski definition) is 0. The number of hydrogen-bond acceptors (Lipinski definition) is 2. The fourth-order valence-corrected chi connectivity index (χ4v) is 2.54. The minimum atomic E-state index is -0.303. The van der Waals surface area contributed by atoms with Crippen LogP contribution in [0.3, 0.4) is 0 Å². The Bertz CT molecular complexity index is 606. The summed E-state index contributed by atoms with van der Waals surface area (Å²) in [5.41, 5.74) is 2.38. The van der Waals surface area contributed by atoms with E-state index in [0.29, 0.717) is 11.1 Å². The van der Waals surface area contributed by atoms with Crippen LogP contribution in [-0.2, 0) is 0 Å². The first-order chi connectivity index (χ1) is 8.61. The zero-order valence-corrected chi connectivity index (χ0v) is 12.4. The van der Waals surface area contributed by atoms with E-state index in [-0.39, 0.29) is 9.39 Å². The van der Waals surface area contributed by atoms with E-state index in [1.807, 2.05) is 36.4 Å². The highest BCUT2D eigenvalue weighted by atomic mass is 79.9. The van der Waals surface area contributed by atoms with E-state index in [1.54, 1.807) is 12.1 Å². The Balaban J connectivity index is 2.72.